The van der Waals surface area contributed by atoms with Gasteiger partial charge in [-0.25, -0.2) is 4.68 Å². The Morgan fingerprint density at radius 3 is 2.78 bits per heavy atom. The topological polar surface area (TPSA) is 70.1 Å². The van der Waals surface area contributed by atoms with Gasteiger partial charge in [-0.05, 0) is 32.0 Å². The van der Waals surface area contributed by atoms with Crippen molar-refractivity contribution in [3.05, 3.63) is 41.7 Å². The molecule has 0 saturated heterocycles. The first-order chi connectivity index (χ1) is 8.60. The summed E-state index contributed by atoms with van der Waals surface area (Å²) in [5, 5.41) is 4.37. The standard InChI is InChI=1S/C13H15N3O2/c1-9-6-10(2)16(15-9)11-4-3-5-12(7-11)18-13(17)8-14/h3-7H,8,14H2,1-2H3. The van der Waals surface area contributed by atoms with Crippen LogP contribution in [0.4, 0.5) is 0 Å². The fourth-order valence-electron chi connectivity index (χ4n) is 1.74. The highest BCUT2D eigenvalue weighted by atomic mass is 16.5. The van der Waals surface area contributed by atoms with Gasteiger partial charge in [-0.2, -0.15) is 5.10 Å². The van der Waals surface area contributed by atoms with Gasteiger partial charge in [-0.3, -0.25) is 4.79 Å². The lowest BCUT2D eigenvalue weighted by molar-refractivity contribution is -0.132. The molecule has 0 atom stereocenters. The molecule has 0 amide bonds. The van der Waals surface area contributed by atoms with Gasteiger partial charge in [0.2, 0.25) is 0 Å². The summed E-state index contributed by atoms with van der Waals surface area (Å²) >= 11 is 0. The van der Waals surface area contributed by atoms with Crippen LogP contribution in [0, 0.1) is 13.8 Å². The number of ether oxygens (including phenoxy) is 1. The summed E-state index contributed by atoms with van der Waals surface area (Å²) in [5.41, 5.74) is 8.02. The van der Waals surface area contributed by atoms with Gasteiger partial charge in [-0.15, -0.1) is 0 Å². The number of nitrogens with two attached hydrogens (primary N) is 1. The zero-order chi connectivity index (χ0) is 13.1. The largest absolute Gasteiger partial charge is 0.426 e. The minimum Gasteiger partial charge on any atom is -0.426 e. The molecule has 5 nitrogen and oxygen atoms in total. The second-order valence-electron chi connectivity index (χ2n) is 4.01. The van der Waals surface area contributed by atoms with Crippen molar-refractivity contribution >= 4 is 5.97 Å². The van der Waals surface area contributed by atoms with Crippen molar-refractivity contribution in [2.45, 2.75) is 13.8 Å². The number of carbonyl (C=O) groups is 1. The van der Waals surface area contributed by atoms with Gasteiger partial charge in [0.15, 0.2) is 0 Å². The number of hydrogen-bond donors (Lipinski definition) is 1. The molecule has 5 heteroatoms. The highest BCUT2D eigenvalue weighted by Gasteiger charge is 2.06. The lowest BCUT2D eigenvalue weighted by Crippen LogP contribution is -2.19. The molecule has 2 rings (SSSR count). The lowest BCUT2D eigenvalue weighted by Gasteiger charge is -2.07. The molecule has 0 bridgehead atoms. The molecule has 1 aromatic heterocycles. The van der Waals surface area contributed by atoms with Crippen LogP contribution >= 0.6 is 0 Å². The van der Waals surface area contributed by atoms with Gasteiger partial charge in [0.25, 0.3) is 0 Å². The predicted molar refractivity (Wildman–Crippen MR) is 67.7 cm³/mol. The van der Waals surface area contributed by atoms with Crippen LogP contribution in [0.1, 0.15) is 11.4 Å². The van der Waals surface area contributed by atoms with E-state index >= 15 is 0 Å². The molecule has 1 aromatic carbocycles. The van der Waals surface area contributed by atoms with E-state index in [2.05, 4.69) is 5.10 Å². The van der Waals surface area contributed by atoms with E-state index in [1.807, 2.05) is 32.0 Å². The van der Waals surface area contributed by atoms with Crippen molar-refractivity contribution in [3.8, 4) is 11.4 Å². The van der Waals surface area contributed by atoms with Crippen LogP contribution in [0.5, 0.6) is 5.75 Å². The third-order valence-electron chi connectivity index (χ3n) is 2.47. The Kier molecular flexibility index (Phi) is 3.43. The quantitative estimate of drug-likeness (QED) is 0.654. The Balaban J connectivity index is 2.32. The van der Waals surface area contributed by atoms with E-state index in [0.717, 1.165) is 17.1 Å². The van der Waals surface area contributed by atoms with Crippen LogP contribution in [0.2, 0.25) is 0 Å². The number of esters is 1. The van der Waals surface area contributed by atoms with E-state index in [9.17, 15) is 4.79 Å². The number of hydrogen-bond acceptors (Lipinski definition) is 4. The fourth-order valence-corrected chi connectivity index (χ4v) is 1.74. The first kappa shape index (κ1) is 12.3. The van der Waals surface area contributed by atoms with E-state index in [1.54, 1.807) is 16.8 Å². The van der Waals surface area contributed by atoms with Crippen molar-refractivity contribution in [1.29, 1.82) is 0 Å². The molecule has 18 heavy (non-hydrogen) atoms. The molecule has 0 spiro atoms. The molecule has 2 N–H and O–H groups in total. The van der Waals surface area contributed by atoms with Crippen LogP contribution in [0.25, 0.3) is 5.69 Å². The Morgan fingerprint density at radius 1 is 1.39 bits per heavy atom. The number of nitrogens with zero attached hydrogens (tertiary/aromatic N) is 2. The summed E-state index contributed by atoms with van der Waals surface area (Å²) in [6, 6.07) is 9.17. The molecule has 0 aliphatic heterocycles. The smallest absolute Gasteiger partial charge is 0.325 e. The highest BCUT2D eigenvalue weighted by molar-refractivity contribution is 5.74. The number of rotatable bonds is 3. The summed E-state index contributed by atoms with van der Waals surface area (Å²) < 4.78 is 6.87. The maximum absolute atomic E-state index is 11.1. The predicted octanol–water partition coefficient (Wildman–Crippen LogP) is 1.35. The summed E-state index contributed by atoms with van der Waals surface area (Å²) in [5.74, 6) is 0.0102. The minimum atomic E-state index is -0.458. The van der Waals surface area contributed by atoms with Crippen LogP contribution in [-0.2, 0) is 4.79 Å². The van der Waals surface area contributed by atoms with Gasteiger partial charge in [0.05, 0.1) is 17.9 Å². The average molecular weight is 245 g/mol. The molecule has 2 aromatic rings. The van der Waals surface area contributed by atoms with Gasteiger partial charge in [0.1, 0.15) is 5.75 Å². The Morgan fingerprint density at radius 2 is 2.17 bits per heavy atom. The van der Waals surface area contributed by atoms with Gasteiger partial charge in [-0.1, -0.05) is 6.07 Å². The van der Waals surface area contributed by atoms with E-state index in [1.165, 1.54) is 0 Å². The second-order valence-corrected chi connectivity index (χ2v) is 4.01. The molecule has 0 fully saturated rings. The Bertz CT molecular complexity index is 575. The normalized spacial score (nSPS) is 10.4. The Labute approximate surface area is 105 Å². The zero-order valence-corrected chi connectivity index (χ0v) is 10.4. The number of aromatic nitrogens is 2. The lowest BCUT2D eigenvalue weighted by atomic mass is 10.3. The summed E-state index contributed by atoms with van der Waals surface area (Å²) in [7, 11) is 0. The molecule has 1 heterocycles. The molecule has 0 radical (unpaired) electrons. The molecule has 0 saturated carbocycles. The van der Waals surface area contributed by atoms with E-state index in [0.29, 0.717) is 5.75 Å². The van der Waals surface area contributed by atoms with Crippen LogP contribution in [0.15, 0.2) is 30.3 Å². The third kappa shape index (κ3) is 2.57. The van der Waals surface area contributed by atoms with Crippen molar-refractivity contribution in [1.82, 2.24) is 9.78 Å². The summed E-state index contributed by atoms with van der Waals surface area (Å²) in [4.78, 5) is 11.1. The highest BCUT2D eigenvalue weighted by Crippen LogP contribution is 2.18. The summed E-state index contributed by atoms with van der Waals surface area (Å²) in [6.45, 7) is 3.77. The summed E-state index contributed by atoms with van der Waals surface area (Å²) in [6.07, 6.45) is 0. The van der Waals surface area contributed by atoms with Crippen LogP contribution < -0.4 is 10.5 Å². The zero-order valence-electron chi connectivity index (χ0n) is 10.4. The number of benzene rings is 1. The Hall–Kier alpha value is -2.14. The van der Waals surface area contributed by atoms with E-state index in [-0.39, 0.29) is 6.54 Å². The van der Waals surface area contributed by atoms with Crippen molar-refractivity contribution in [3.63, 3.8) is 0 Å². The van der Waals surface area contributed by atoms with Crippen molar-refractivity contribution < 1.29 is 9.53 Å². The first-order valence-corrected chi connectivity index (χ1v) is 5.64. The molecule has 0 aliphatic rings. The SMILES string of the molecule is Cc1cc(C)n(-c2cccc(OC(=O)CN)c2)n1. The van der Waals surface area contributed by atoms with Gasteiger partial charge < -0.3 is 10.5 Å². The van der Waals surface area contributed by atoms with Gasteiger partial charge >= 0.3 is 5.97 Å². The van der Waals surface area contributed by atoms with E-state index < -0.39 is 5.97 Å². The maximum Gasteiger partial charge on any atom is 0.325 e. The molecule has 94 valence electrons. The molecule has 0 aliphatic carbocycles. The molecule has 0 unspecified atom stereocenters. The number of aryl methyl sites for hydroxylation is 2. The first-order valence-electron chi connectivity index (χ1n) is 5.64. The molecular weight excluding hydrogens is 230 g/mol. The number of carbonyl (C=O) groups excluding carboxylic acids is 1. The third-order valence-corrected chi connectivity index (χ3v) is 2.47. The maximum atomic E-state index is 11.1. The van der Waals surface area contributed by atoms with Crippen LogP contribution in [-0.4, -0.2) is 22.3 Å². The van der Waals surface area contributed by atoms with Crippen LogP contribution in [0.3, 0.4) is 0 Å². The average Bonchev–Trinajstić information content (AvgIpc) is 2.68. The van der Waals surface area contributed by atoms with Crippen molar-refractivity contribution in [2.24, 2.45) is 5.73 Å². The minimum absolute atomic E-state index is 0.135. The fraction of sp³-hybridized carbons (Fsp3) is 0.231. The second kappa shape index (κ2) is 5.01. The van der Waals surface area contributed by atoms with Crippen molar-refractivity contribution in [2.75, 3.05) is 6.54 Å². The monoisotopic (exact) mass is 245 g/mol. The van der Waals surface area contributed by atoms with Gasteiger partial charge in [0, 0.05) is 11.8 Å². The molecular formula is C13H15N3O2. The van der Waals surface area contributed by atoms with E-state index in [4.69, 9.17) is 10.5 Å².